The molecule has 0 saturated carbocycles. The molecule has 0 aliphatic carbocycles. The fourth-order valence-corrected chi connectivity index (χ4v) is 3.40. The third-order valence-electron chi connectivity index (χ3n) is 5.49. The minimum atomic E-state index is -0.718. The van der Waals surface area contributed by atoms with Crippen LogP contribution in [-0.2, 0) is 19.1 Å². The van der Waals surface area contributed by atoms with Crippen molar-refractivity contribution in [3.05, 3.63) is 108 Å². The van der Waals surface area contributed by atoms with Gasteiger partial charge >= 0.3 is 0 Å². The van der Waals surface area contributed by atoms with E-state index in [-0.39, 0.29) is 36.0 Å². The smallest absolute Gasteiger partial charge is 0.255 e. The quantitative estimate of drug-likeness (QED) is 0.0870. The van der Waals surface area contributed by atoms with Crippen LogP contribution in [-0.4, -0.2) is 37.1 Å². The number of pyridine rings is 1. The molecule has 3 N–H and O–H groups in total. The van der Waals surface area contributed by atoms with Gasteiger partial charge in [0.05, 0.1) is 12.2 Å². The number of benzene rings is 2. The van der Waals surface area contributed by atoms with Crippen LogP contribution >= 0.6 is 0 Å². The normalized spacial score (nSPS) is 11.8. The molecule has 2 amide bonds. The number of allylic oxidation sites excluding steroid dienone is 1. The number of hydrogen-bond donors (Lipinski definition) is 2. The number of anilines is 2. The van der Waals surface area contributed by atoms with Crippen molar-refractivity contribution < 1.29 is 32.6 Å². The van der Waals surface area contributed by atoms with Crippen LogP contribution in [0.3, 0.4) is 0 Å². The number of halogens is 2. The highest BCUT2D eigenvalue weighted by Gasteiger charge is 2.15. The first-order chi connectivity index (χ1) is 19.9. The summed E-state index contributed by atoms with van der Waals surface area (Å²) < 4.78 is 44.8. The molecule has 0 aliphatic rings. The van der Waals surface area contributed by atoms with E-state index in [1.165, 1.54) is 72.8 Å². The predicted molar refractivity (Wildman–Crippen MR) is 152 cm³/mol. The van der Waals surface area contributed by atoms with Crippen LogP contribution in [0.25, 0.3) is 6.08 Å². The molecule has 0 saturated heterocycles. The molecule has 41 heavy (non-hydrogen) atoms. The monoisotopic (exact) mass is 564 g/mol. The Labute approximate surface area is 236 Å². The molecule has 3 rings (SSSR count). The molecule has 214 valence electrons. The van der Waals surface area contributed by atoms with Crippen molar-refractivity contribution in [2.24, 2.45) is 5.73 Å². The number of carbonyl (C=O) groups excluding carboxylic acids is 2. The summed E-state index contributed by atoms with van der Waals surface area (Å²) in [7, 11) is 0. The first kappa shape index (κ1) is 30.5. The topological polar surface area (TPSA) is 116 Å². The number of nitrogens with zero attached hydrogens (tertiary/aromatic N) is 2. The molecule has 0 aliphatic heterocycles. The van der Waals surface area contributed by atoms with Gasteiger partial charge in [0.15, 0.2) is 17.3 Å². The molecule has 0 fully saturated rings. The van der Waals surface area contributed by atoms with E-state index in [4.69, 9.17) is 19.9 Å². The summed E-state index contributed by atoms with van der Waals surface area (Å²) in [4.78, 5) is 30.0. The van der Waals surface area contributed by atoms with Crippen molar-refractivity contribution in [3.8, 4) is 11.5 Å². The largest absolute Gasteiger partial charge is 0.491 e. The highest BCUT2D eigenvalue weighted by atomic mass is 19.1. The number of aromatic nitrogens is 1. The zero-order valence-electron chi connectivity index (χ0n) is 22.6. The molecule has 0 atom stereocenters. The SMILES string of the molecule is CCOCCOC(/C=C\N(C=O)c1ccc(F)cc1)=C(/C)C(=O)Nc1ccc(Oc2cccnc2C=CN)c(F)c1. The van der Waals surface area contributed by atoms with Crippen molar-refractivity contribution in [2.75, 3.05) is 30.0 Å². The highest BCUT2D eigenvalue weighted by Crippen LogP contribution is 2.29. The van der Waals surface area contributed by atoms with Gasteiger partial charge in [0.2, 0.25) is 6.41 Å². The summed E-state index contributed by atoms with van der Waals surface area (Å²) >= 11 is 0. The summed E-state index contributed by atoms with van der Waals surface area (Å²) in [5, 5.41) is 2.62. The van der Waals surface area contributed by atoms with Gasteiger partial charge in [-0.2, -0.15) is 0 Å². The van der Waals surface area contributed by atoms with Crippen LogP contribution in [0.15, 0.2) is 90.6 Å². The molecule has 0 bridgehead atoms. The van der Waals surface area contributed by atoms with Gasteiger partial charge in [0.1, 0.15) is 23.9 Å². The van der Waals surface area contributed by atoms with Crippen LogP contribution in [0.4, 0.5) is 20.2 Å². The molecule has 2 aromatic carbocycles. The Hall–Kier alpha value is -5.03. The summed E-state index contributed by atoms with van der Waals surface area (Å²) in [5.74, 6) is -1.37. The van der Waals surface area contributed by atoms with Gasteiger partial charge in [-0.1, -0.05) is 0 Å². The van der Waals surface area contributed by atoms with E-state index in [9.17, 15) is 18.4 Å². The van der Waals surface area contributed by atoms with Gasteiger partial charge in [-0.3, -0.25) is 19.5 Å². The molecule has 0 spiro atoms. The number of hydrogen-bond acceptors (Lipinski definition) is 7. The van der Waals surface area contributed by atoms with Gasteiger partial charge in [0, 0.05) is 36.4 Å². The van der Waals surface area contributed by atoms with Gasteiger partial charge in [-0.05, 0) is 80.7 Å². The van der Waals surface area contributed by atoms with Gasteiger partial charge in [0.25, 0.3) is 5.91 Å². The Morgan fingerprint density at radius 3 is 2.56 bits per heavy atom. The fourth-order valence-electron chi connectivity index (χ4n) is 3.40. The number of amides is 2. The van der Waals surface area contributed by atoms with E-state index in [1.807, 2.05) is 6.92 Å². The lowest BCUT2D eigenvalue weighted by molar-refractivity contribution is -0.113. The van der Waals surface area contributed by atoms with Crippen LogP contribution in [0, 0.1) is 11.6 Å². The lowest BCUT2D eigenvalue weighted by Crippen LogP contribution is -2.17. The average molecular weight is 565 g/mol. The highest BCUT2D eigenvalue weighted by molar-refractivity contribution is 6.04. The van der Waals surface area contributed by atoms with Crippen LogP contribution in [0.2, 0.25) is 0 Å². The molecular weight excluding hydrogens is 534 g/mol. The molecule has 1 heterocycles. The first-order valence-corrected chi connectivity index (χ1v) is 12.6. The van der Waals surface area contributed by atoms with Crippen molar-refractivity contribution in [1.82, 2.24) is 4.98 Å². The first-order valence-electron chi connectivity index (χ1n) is 12.6. The Morgan fingerprint density at radius 1 is 1.10 bits per heavy atom. The Morgan fingerprint density at radius 2 is 1.88 bits per heavy atom. The zero-order chi connectivity index (χ0) is 29.6. The van der Waals surface area contributed by atoms with E-state index < -0.39 is 17.5 Å². The second-order valence-electron chi connectivity index (χ2n) is 8.29. The minimum absolute atomic E-state index is 0.0763. The Balaban J connectivity index is 1.79. The maximum absolute atomic E-state index is 14.9. The summed E-state index contributed by atoms with van der Waals surface area (Å²) in [5.41, 5.74) is 6.58. The Bertz CT molecular complexity index is 1420. The molecule has 3 aromatic rings. The molecule has 9 nitrogen and oxygen atoms in total. The van der Waals surface area contributed by atoms with Gasteiger partial charge < -0.3 is 25.3 Å². The van der Waals surface area contributed by atoms with E-state index in [0.717, 1.165) is 6.07 Å². The second kappa shape index (κ2) is 15.5. The van der Waals surface area contributed by atoms with Crippen molar-refractivity contribution in [3.63, 3.8) is 0 Å². The average Bonchev–Trinajstić information content (AvgIpc) is 2.97. The van der Waals surface area contributed by atoms with Crippen molar-refractivity contribution in [1.29, 1.82) is 0 Å². The maximum Gasteiger partial charge on any atom is 0.255 e. The molecule has 11 heteroatoms. The van der Waals surface area contributed by atoms with Crippen LogP contribution in [0.1, 0.15) is 19.5 Å². The van der Waals surface area contributed by atoms with Gasteiger partial charge in [-0.25, -0.2) is 8.78 Å². The van der Waals surface area contributed by atoms with Crippen molar-refractivity contribution in [2.45, 2.75) is 13.8 Å². The lowest BCUT2D eigenvalue weighted by atomic mass is 10.2. The summed E-state index contributed by atoms with van der Waals surface area (Å²) in [6.45, 7) is 4.23. The third kappa shape index (κ3) is 9.01. The third-order valence-corrected chi connectivity index (χ3v) is 5.49. The van der Waals surface area contributed by atoms with Gasteiger partial charge in [-0.15, -0.1) is 0 Å². The lowest BCUT2D eigenvalue weighted by Gasteiger charge is -2.15. The number of nitrogens with two attached hydrogens (primary N) is 1. The van der Waals surface area contributed by atoms with Crippen molar-refractivity contribution >= 4 is 29.8 Å². The zero-order valence-corrected chi connectivity index (χ0v) is 22.6. The predicted octanol–water partition coefficient (Wildman–Crippen LogP) is 5.52. The summed E-state index contributed by atoms with van der Waals surface area (Å²) in [6.07, 6.45) is 7.71. The second-order valence-corrected chi connectivity index (χ2v) is 8.29. The summed E-state index contributed by atoms with van der Waals surface area (Å²) in [6, 6.07) is 12.5. The fraction of sp³-hybridized carbons (Fsp3) is 0.167. The minimum Gasteiger partial charge on any atom is -0.491 e. The Kier molecular flexibility index (Phi) is 11.6. The van der Waals surface area contributed by atoms with Crippen LogP contribution < -0.4 is 20.7 Å². The van der Waals surface area contributed by atoms with Crippen LogP contribution in [0.5, 0.6) is 11.5 Å². The van der Waals surface area contributed by atoms with E-state index in [0.29, 0.717) is 30.1 Å². The molecular formula is C30H30F2N4O5. The van der Waals surface area contributed by atoms with E-state index >= 15 is 0 Å². The molecule has 0 radical (unpaired) electrons. The number of ether oxygens (including phenoxy) is 3. The maximum atomic E-state index is 14.9. The van der Waals surface area contributed by atoms with E-state index in [2.05, 4.69) is 10.3 Å². The number of rotatable bonds is 14. The molecule has 1 aromatic heterocycles. The van der Waals surface area contributed by atoms with E-state index in [1.54, 1.807) is 18.3 Å². The number of nitrogens with one attached hydrogen (secondary N) is 1. The molecule has 0 unspecified atom stereocenters. The number of carbonyl (C=O) groups is 2. The standard InChI is InChI=1S/C30H30F2N4O5/c1-3-39-17-18-40-27(13-16-36(20-37)24-9-6-22(31)7-10-24)21(2)30(38)35-23-8-11-28(25(32)19-23)41-29-5-4-15-34-26(29)12-14-33/h4-16,19-20H,3,17-18,33H2,1-2H3,(H,35,38)/b14-12?,16-13-,27-21-.